The van der Waals surface area contributed by atoms with E-state index in [-0.39, 0.29) is 23.1 Å². The number of carbonyl (C=O) groups is 1. The average molecular weight is 489 g/mol. The summed E-state index contributed by atoms with van der Waals surface area (Å²) in [5.41, 5.74) is 8.86. The van der Waals surface area contributed by atoms with Crippen molar-refractivity contribution in [3.8, 4) is 10.4 Å². The molecule has 3 heterocycles. The number of fused-ring (bicyclic) bond motifs is 1. The first-order valence-corrected chi connectivity index (χ1v) is 11.4. The van der Waals surface area contributed by atoms with Crippen LogP contribution in [0.4, 0.5) is 11.6 Å². The molecule has 3 N–H and O–H groups in total. The van der Waals surface area contributed by atoms with Gasteiger partial charge in [0, 0.05) is 28.3 Å². The normalized spacial score (nSPS) is 11.0. The average Bonchev–Trinajstić information content (AvgIpc) is 3.29. The first kappa shape index (κ1) is 21.7. The Balaban J connectivity index is 1.40. The van der Waals surface area contributed by atoms with Crippen molar-refractivity contribution in [2.24, 2.45) is 0 Å². The Morgan fingerprint density at radius 1 is 1.06 bits per heavy atom. The van der Waals surface area contributed by atoms with Gasteiger partial charge in [0.15, 0.2) is 0 Å². The summed E-state index contributed by atoms with van der Waals surface area (Å²) in [6, 6.07) is 18.4. The summed E-state index contributed by atoms with van der Waals surface area (Å²) in [6.07, 6.45) is 2.99. The van der Waals surface area contributed by atoms with Crippen LogP contribution >= 0.6 is 22.9 Å². The SMILES string of the molecule is Nc1nccc(C(=O)Nc2ccc(-c3cc4c(s3)c(=O)ncn4Cc3ccc(Cl)cc3)cc2)n1. The van der Waals surface area contributed by atoms with Crippen LogP contribution < -0.4 is 16.6 Å². The second-order valence-electron chi connectivity index (χ2n) is 7.46. The van der Waals surface area contributed by atoms with Crippen LogP contribution in [0.1, 0.15) is 16.1 Å². The summed E-state index contributed by atoms with van der Waals surface area (Å²) in [5, 5.41) is 3.46. The van der Waals surface area contributed by atoms with E-state index in [1.54, 1.807) is 18.5 Å². The van der Waals surface area contributed by atoms with E-state index < -0.39 is 0 Å². The van der Waals surface area contributed by atoms with Crippen molar-refractivity contribution in [3.63, 3.8) is 0 Å². The maximum absolute atomic E-state index is 12.4. The predicted octanol–water partition coefficient (Wildman–Crippen LogP) is 4.45. The third-order valence-corrected chi connectivity index (χ3v) is 6.54. The number of nitrogens with two attached hydrogens (primary N) is 1. The van der Waals surface area contributed by atoms with E-state index in [1.807, 2.05) is 47.0 Å². The minimum atomic E-state index is -0.381. The van der Waals surface area contributed by atoms with Crippen LogP contribution in [0.2, 0.25) is 5.02 Å². The third kappa shape index (κ3) is 4.52. The molecule has 0 atom stereocenters. The minimum absolute atomic E-state index is 0.0355. The molecule has 0 unspecified atom stereocenters. The highest BCUT2D eigenvalue weighted by molar-refractivity contribution is 7.22. The third-order valence-electron chi connectivity index (χ3n) is 5.13. The molecule has 168 valence electrons. The van der Waals surface area contributed by atoms with E-state index in [0.29, 0.717) is 22.0 Å². The van der Waals surface area contributed by atoms with Crippen molar-refractivity contribution < 1.29 is 4.79 Å². The molecule has 34 heavy (non-hydrogen) atoms. The number of benzene rings is 2. The number of hydrogen-bond donors (Lipinski definition) is 2. The largest absolute Gasteiger partial charge is 0.368 e. The molecule has 0 fully saturated rings. The number of anilines is 2. The maximum atomic E-state index is 12.4. The van der Waals surface area contributed by atoms with E-state index in [9.17, 15) is 9.59 Å². The highest BCUT2D eigenvalue weighted by Gasteiger charge is 2.13. The van der Waals surface area contributed by atoms with Gasteiger partial charge in [-0.05, 0) is 47.5 Å². The molecule has 8 nitrogen and oxygen atoms in total. The first-order chi connectivity index (χ1) is 16.5. The van der Waals surface area contributed by atoms with Gasteiger partial charge in [0.2, 0.25) is 5.95 Å². The lowest BCUT2D eigenvalue weighted by Crippen LogP contribution is -2.14. The topological polar surface area (TPSA) is 116 Å². The molecular formula is C24H17ClN6O2S. The Bertz CT molecular complexity index is 1560. The summed E-state index contributed by atoms with van der Waals surface area (Å²) in [6.45, 7) is 0.565. The highest BCUT2D eigenvalue weighted by atomic mass is 35.5. The number of nitrogens with one attached hydrogen (secondary N) is 1. The highest BCUT2D eigenvalue weighted by Crippen LogP contribution is 2.32. The van der Waals surface area contributed by atoms with Crippen molar-refractivity contribution >= 4 is 50.7 Å². The molecule has 0 radical (unpaired) electrons. The molecule has 0 aliphatic carbocycles. The number of thiophene rings is 1. The summed E-state index contributed by atoms with van der Waals surface area (Å²) in [7, 11) is 0. The van der Waals surface area contributed by atoms with Gasteiger partial charge >= 0.3 is 0 Å². The van der Waals surface area contributed by atoms with Crippen molar-refractivity contribution in [2.45, 2.75) is 6.54 Å². The molecule has 5 rings (SSSR count). The quantitative estimate of drug-likeness (QED) is 0.377. The molecular weight excluding hydrogens is 472 g/mol. The molecule has 0 spiro atoms. The second-order valence-corrected chi connectivity index (χ2v) is 8.95. The van der Waals surface area contributed by atoms with Crippen molar-refractivity contribution in [1.82, 2.24) is 19.5 Å². The van der Waals surface area contributed by atoms with Gasteiger partial charge in [-0.3, -0.25) is 9.59 Å². The Hall–Kier alpha value is -4.08. The molecule has 1 amide bonds. The standard InChI is InChI=1S/C24H17ClN6O2S/c25-16-5-1-14(2-6-16)12-31-13-28-23(33)21-19(31)11-20(34-21)15-3-7-17(8-4-15)29-22(32)18-9-10-27-24(26)30-18/h1-11,13H,12H2,(H,29,32)(H2,26,27,30). The lowest BCUT2D eigenvalue weighted by molar-refractivity contribution is 0.102. The van der Waals surface area contributed by atoms with Crippen LogP contribution in [0.25, 0.3) is 20.7 Å². The zero-order valence-corrected chi connectivity index (χ0v) is 19.2. The van der Waals surface area contributed by atoms with Gasteiger partial charge in [-0.2, -0.15) is 4.98 Å². The number of aromatic nitrogens is 4. The molecule has 0 aliphatic rings. The number of amides is 1. The lowest BCUT2D eigenvalue weighted by atomic mass is 10.1. The summed E-state index contributed by atoms with van der Waals surface area (Å²) >= 11 is 7.37. The summed E-state index contributed by atoms with van der Waals surface area (Å²) in [4.78, 5) is 37.4. The van der Waals surface area contributed by atoms with Crippen molar-refractivity contribution in [2.75, 3.05) is 11.1 Å². The monoisotopic (exact) mass is 488 g/mol. The van der Waals surface area contributed by atoms with Gasteiger partial charge in [0.1, 0.15) is 10.4 Å². The van der Waals surface area contributed by atoms with Crippen LogP contribution in [0.15, 0.2) is 78.0 Å². The van der Waals surface area contributed by atoms with Gasteiger partial charge in [0.25, 0.3) is 11.5 Å². The van der Waals surface area contributed by atoms with Gasteiger partial charge in [0.05, 0.1) is 11.8 Å². The predicted molar refractivity (Wildman–Crippen MR) is 134 cm³/mol. The number of halogens is 1. The second kappa shape index (κ2) is 9.05. The molecule has 2 aromatic carbocycles. The van der Waals surface area contributed by atoms with Gasteiger partial charge in [-0.1, -0.05) is 35.9 Å². The van der Waals surface area contributed by atoms with Crippen LogP contribution in [0, 0.1) is 0 Å². The van der Waals surface area contributed by atoms with Gasteiger partial charge in [-0.25, -0.2) is 9.97 Å². The molecule has 10 heteroatoms. The molecule has 5 aromatic rings. The first-order valence-electron chi connectivity index (χ1n) is 10.2. The Morgan fingerprint density at radius 2 is 1.82 bits per heavy atom. The van der Waals surface area contributed by atoms with E-state index in [0.717, 1.165) is 21.5 Å². The van der Waals surface area contributed by atoms with E-state index in [2.05, 4.69) is 20.3 Å². The molecule has 0 bridgehead atoms. The zero-order valence-electron chi connectivity index (χ0n) is 17.6. The van der Waals surface area contributed by atoms with Crippen LogP contribution in [-0.2, 0) is 6.54 Å². The van der Waals surface area contributed by atoms with Crippen LogP contribution in [0.3, 0.4) is 0 Å². The molecule has 0 aliphatic heterocycles. The number of nitrogen functional groups attached to an aromatic ring is 1. The summed E-state index contributed by atoms with van der Waals surface area (Å²) in [5.74, 6) is -0.345. The van der Waals surface area contributed by atoms with Crippen LogP contribution in [-0.4, -0.2) is 25.4 Å². The van der Waals surface area contributed by atoms with Gasteiger partial charge in [-0.15, -0.1) is 11.3 Å². The fourth-order valence-corrected chi connectivity index (χ4v) is 4.65. The molecule has 0 saturated carbocycles. The van der Waals surface area contributed by atoms with E-state index in [1.165, 1.54) is 23.6 Å². The van der Waals surface area contributed by atoms with E-state index in [4.69, 9.17) is 17.3 Å². The number of rotatable bonds is 5. The van der Waals surface area contributed by atoms with Crippen molar-refractivity contribution in [3.05, 3.63) is 99.8 Å². The molecule has 0 saturated heterocycles. The fourth-order valence-electron chi connectivity index (χ4n) is 3.46. The number of carbonyl (C=O) groups excluding carboxylic acids is 1. The smallest absolute Gasteiger partial charge is 0.290 e. The van der Waals surface area contributed by atoms with Crippen molar-refractivity contribution in [1.29, 1.82) is 0 Å². The Morgan fingerprint density at radius 3 is 2.56 bits per heavy atom. The van der Waals surface area contributed by atoms with E-state index >= 15 is 0 Å². The maximum Gasteiger partial charge on any atom is 0.290 e. The number of nitrogens with zero attached hydrogens (tertiary/aromatic N) is 4. The zero-order chi connectivity index (χ0) is 23.7. The van der Waals surface area contributed by atoms with Gasteiger partial charge < -0.3 is 15.6 Å². The summed E-state index contributed by atoms with van der Waals surface area (Å²) < 4.78 is 2.53. The fraction of sp³-hybridized carbons (Fsp3) is 0.0417. The lowest BCUT2D eigenvalue weighted by Gasteiger charge is -2.07. The minimum Gasteiger partial charge on any atom is -0.368 e. The Kier molecular flexibility index (Phi) is 5.79. The van der Waals surface area contributed by atoms with Crippen LogP contribution in [0.5, 0.6) is 0 Å². The number of hydrogen-bond acceptors (Lipinski definition) is 7. The molecule has 3 aromatic heterocycles. The Labute approximate surface area is 202 Å².